The van der Waals surface area contributed by atoms with Gasteiger partial charge in [-0.1, -0.05) is 84.7 Å². The van der Waals surface area contributed by atoms with Gasteiger partial charge in [0.15, 0.2) is 9.04 Å². The Labute approximate surface area is 238 Å². The van der Waals surface area contributed by atoms with Gasteiger partial charge in [0.1, 0.15) is 23.9 Å². The molecule has 10 heteroatoms. The fourth-order valence-corrected chi connectivity index (χ4v) is 6.53. The Morgan fingerprint density at radius 1 is 1.02 bits per heavy atom. The Balaban J connectivity index is 2.60. The maximum Gasteiger partial charge on any atom is 0.396 e. The van der Waals surface area contributed by atoms with Crippen molar-refractivity contribution in [2.24, 2.45) is 17.3 Å². The molecular weight excluding hydrogens is 535 g/mol. The lowest BCUT2D eigenvalue weighted by atomic mass is 9.70. The van der Waals surface area contributed by atoms with Crippen LogP contribution in [0, 0.1) is 17.3 Å². The predicted octanol–water partition coefficient (Wildman–Crippen LogP) is 6.81. The number of unbranched alkanes of at least 4 members (excludes halogenated alkanes) is 2. The number of amides is 1. The molecule has 0 aliphatic rings. The number of nitrogens with zero attached hydrogens (tertiary/aromatic N) is 1. The average molecular weight is 582 g/mol. The molecular formula is C30H46F3N3O3Si. The first-order chi connectivity index (χ1) is 18.5. The van der Waals surface area contributed by atoms with Gasteiger partial charge < -0.3 is 15.1 Å². The van der Waals surface area contributed by atoms with Crippen LogP contribution >= 0.6 is 0 Å². The van der Waals surface area contributed by atoms with E-state index in [9.17, 15) is 22.8 Å². The van der Waals surface area contributed by atoms with E-state index in [2.05, 4.69) is 17.6 Å². The molecule has 224 valence electrons. The molecule has 2 aromatic rings. The summed E-state index contributed by atoms with van der Waals surface area (Å²) in [6, 6.07) is 12.6. The summed E-state index contributed by atoms with van der Waals surface area (Å²) >= 11 is 0. The fraction of sp³-hybridized carbons (Fsp3) is 0.600. The third kappa shape index (κ3) is 8.46. The molecule has 0 radical (unpaired) electrons. The Hall–Kier alpha value is -2.59. The summed E-state index contributed by atoms with van der Waals surface area (Å²) in [5.41, 5.74) is -2.13. The van der Waals surface area contributed by atoms with Crippen molar-refractivity contribution in [3.63, 3.8) is 0 Å². The molecule has 1 amide bonds. The van der Waals surface area contributed by atoms with Crippen molar-refractivity contribution in [3.05, 3.63) is 52.8 Å². The zero-order valence-electron chi connectivity index (χ0n) is 25.1. The van der Waals surface area contributed by atoms with Crippen LogP contribution in [0.25, 0.3) is 11.3 Å². The number of hydrogen-bond acceptors (Lipinski definition) is 4. The normalized spacial score (nSPS) is 14.7. The standard InChI is InChI=1S/C30H46F3N3O3Si/c1-9-10-14-19-34-23-17-18-24(22-15-12-11-13-16-22)36(26(23)38)20-25(37)35-29(21(2)3,39-40(7)8)27(28(4,5)6)30(31,32)33/h11-13,15-18,21,27,34,40H,9-10,14,19-20H2,1-8H3,(H,35,37). The first-order valence-corrected chi connectivity index (χ1v) is 16.9. The molecule has 0 aliphatic heterocycles. The van der Waals surface area contributed by atoms with Gasteiger partial charge in [-0.3, -0.25) is 14.2 Å². The highest BCUT2D eigenvalue weighted by atomic mass is 28.3. The molecule has 2 unspecified atom stereocenters. The molecule has 0 saturated carbocycles. The number of carbonyl (C=O) groups is 1. The van der Waals surface area contributed by atoms with Crippen LogP contribution < -0.4 is 16.2 Å². The number of hydrogen-bond donors (Lipinski definition) is 2. The van der Waals surface area contributed by atoms with Gasteiger partial charge in [0.2, 0.25) is 5.91 Å². The number of rotatable bonds is 13. The van der Waals surface area contributed by atoms with Gasteiger partial charge >= 0.3 is 6.18 Å². The van der Waals surface area contributed by atoms with Gasteiger partial charge in [0.05, 0.1) is 5.69 Å². The lowest BCUT2D eigenvalue weighted by Crippen LogP contribution is -2.67. The minimum Gasteiger partial charge on any atom is -0.398 e. The third-order valence-electron chi connectivity index (χ3n) is 6.89. The number of pyridine rings is 1. The summed E-state index contributed by atoms with van der Waals surface area (Å²) < 4.78 is 51.6. The molecule has 1 aromatic heterocycles. The van der Waals surface area contributed by atoms with Crippen molar-refractivity contribution >= 4 is 20.6 Å². The van der Waals surface area contributed by atoms with E-state index in [0.717, 1.165) is 19.3 Å². The summed E-state index contributed by atoms with van der Waals surface area (Å²) in [4.78, 5) is 27.3. The Morgan fingerprint density at radius 3 is 2.15 bits per heavy atom. The first-order valence-electron chi connectivity index (χ1n) is 14.1. The number of benzene rings is 1. The molecule has 0 saturated heterocycles. The molecule has 6 nitrogen and oxygen atoms in total. The monoisotopic (exact) mass is 581 g/mol. The summed E-state index contributed by atoms with van der Waals surface area (Å²) in [6.45, 7) is 13.6. The second-order valence-corrected chi connectivity index (χ2v) is 14.4. The van der Waals surface area contributed by atoms with E-state index in [1.807, 2.05) is 30.3 Å². The number of alkyl halides is 3. The molecule has 0 fully saturated rings. The topological polar surface area (TPSA) is 72.4 Å². The van der Waals surface area contributed by atoms with Crippen LogP contribution in [0.2, 0.25) is 13.1 Å². The van der Waals surface area contributed by atoms with Gasteiger partial charge in [-0.25, -0.2) is 0 Å². The van der Waals surface area contributed by atoms with E-state index >= 15 is 0 Å². The molecule has 2 rings (SSSR count). The first kappa shape index (κ1) is 33.6. The summed E-state index contributed by atoms with van der Waals surface area (Å²) in [7, 11) is -2.08. The van der Waals surface area contributed by atoms with Crippen molar-refractivity contribution in [1.29, 1.82) is 0 Å². The smallest absolute Gasteiger partial charge is 0.396 e. The van der Waals surface area contributed by atoms with Crippen LogP contribution in [0.4, 0.5) is 18.9 Å². The molecule has 1 aromatic carbocycles. The quantitative estimate of drug-likeness (QED) is 0.155. The fourth-order valence-electron chi connectivity index (χ4n) is 5.28. The Kier molecular flexibility index (Phi) is 11.6. The van der Waals surface area contributed by atoms with Crippen LogP contribution in [0.1, 0.15) is 60.8 Å². The van der Waals surface area contributed by atoms with E-state index in [-0.39, 0.29) is 0 Å². The van der Waals surface area contributed by atoms with Crippen molar-refractivity contribution in [1.82, 2.24) is 9.88 Å². The van der Waals surface area contributed by atoms with E-state index < -0.39 is 56.2 Å². The van der Waals surface area contributed by atoms with Crippen LogP contribution in [-0.4, -0.2) is 38.0 Å². The van der Waals surface area contributed by atoms with Crippen molar-refractivity contribution in [3.8, 4) is 11.3 Å². The van der Waals surface area contributed by atoms with Crippen molar-refractivity contribution in [2.45, 2.75) is 92.3 Å². The SMILES string of the molecule is CCCCCNc1ccc(-c2ccccc2)n(CC(=O)NC(O[SiH](C)C)(C(C)C)C(C(C)(C)C)C(F)(F)F)c1=O. The zero-order valence-corrected chi connectivity index (χ0v) is 26.3. The number of aromatic nitrogens is 1. The van der Waals surface area contributed by atoms with Crippen LogP contribution in [-0.2, 0) is 15.8 Å². The Bertz CT molecular complexity index is 1150. The molecule has 0 bridgehead atoms. The summed E-state index contributed by atoms with van der Waals surface area (Å²) in [5, 5.41) is 5.84. The molecule has 2 N–H and O–H groups in total. The lowest BCUT2D eigenvalue weighted by Gasteiger charge is -2.51. The van der Waals surface area contributed by atoms with Gasteiger partial charge in [0, 0.05) is 12.5 Å². The molecule has 40 heavy (non-hydrogen) atoms. The number of anilines is 1. The maximum absolute atomic E-state index is 14.7. The zero-order chi connectivity index (χ0) is 30.3. The van der Waals surface area contributed by atoms with Gasteiger partial charge in [0.25, 0.3) is 5.56 Å². The van der Waals surface area contributed by atoms with Gasteiger partial charge in [-0.05, 0) is 42.6 Å². The third-order valence-corrected chi connectivity index (χ3v) is 7.75. The minimum atomic E-state index is -4.65. The number of halogens is 3. The highest BCUT2D eigenvalue weighted by Crippen LogP contribution is 2.49. The molecule has 0 spiro atoms. The Morgan fingerprint density at radius 2 is 1.65 bits per heavy atom. The maximum atomic E-state index is 14.7. The number of carbonyl (C=O) groups excluding carboxylic acids is 1. The van der Waals surface area contributed by atoms with E-state index in [1.165, 1.54) is 25.3 Å². The lowest BCUT2D eigenvalue weighted by molar-refractivity contribution is -0.265. The predicted molar refractivity (Wildman–Crippen MR) is 159 cm³/mol. The van der Waals surface area contributed by atoms with Gasteiger partial charge in [-0.2, -0.15) is 13.2 Å². The van der Waals surface area contributed by atoms with E-state index in [0.29, 0.717) is 23.5 Å². The summed E-state index contributed by atoms with van der Waals surface area (Å²) in [5.74, 6) is -3.40. The van der Waals surface area contributed by atoms with Crippen molar-refractivity contribution < 1.29 is 22.4 Å². The molecule has 1 heterocycles. The highest BCUT2D eigenvalue weighted by Gasteiger charge is 2.61. The summed E-state index contributed by atoms with van der Waals surface area (Å²) in [6.07, 6.45) is -1.72. The number of nitrogens with one attached hydrogen (secondary N) is 2. The highest BCUT2D eigenvalue weighted by molar-refractivity contribution is 6.48. The van der Waals surface area contributed by atoms with Gasteiger partial charge in [-0.15, -0.1) is 0 Å². The van der Waals surface area contributed by atoms with Crippen LogP contribution in [0.3, 0.4) is 0 Å². The average Bonchev–Trinajstić information content (AvgIpc) is 2.82. The minimum absolute atomic E-state index is 0.340. The van der Waals surface area contributed by atoms with Crippen LogP contribution in [0.5, 0.6) is 0 Å². The van der Waals surface area contributed by atoms with Crippen LogP contribution in [0.15, 0.2) is 47.3 Å². The largest absolute Gasteiger partial charge is 0.398 e. The van der Waals surface area contributed by atoms with E-state index in [4.69, 9.17) is 4.43 Å². The van der Waals surface area contributed by atoms with Crippen molar-refractivity contribution in [2.75, 3.05) is 11.9 Å². The van der Waals surface area contributed by atoms with E-state index in [1.54, 1.807) is 39.1 Å². The molecule has 2 atom stereocenters. The molecule has 0 aliphatic carbocycles. The second-order valence-electron chi connectivity index (χ2n) is 12.0. The second kappa shape index (κ2) is 13.8.